The number of carbonyl (C=O) groups is 2. The number of nitrogens with zero attached hydrogens (tertiary/aromatic N) is 1. The van der Waals surface area contributed by atoms with Crippen molar-refractivity contribution in [2.24, 2.45) is 0 Å². The summed E-state index contributed by atoms with van der Waals surface area (Å²) in [5, 5.41) is 11.4. The first-order chi connectivity index (χ1) is 14.3. The zero-order chi connectivity index (χ0) is 21.8. The molecule has 158 valence electrons. The molecule has 7 heteroatoms. The Morgan fingerprint density at radius 3 is 2.50 bits per heavy atom. The minimum Gasteiger partial charge on any atom is -0.507 e. The van der Waals surface area contributed by atoms with Crippen LogP contribution in [0.1, 0.15) is 31.0 Å². The lowest BCUT2D eigenvalue weighted by Gasteiger charge is -2.25. The Hall–Kier alpha value is -2.83. The number of hydrogen-bond donors (Lipinski definition) is 1. The molecule has 1 saturated heterocycles. The van der Waals surface area contributed by atoms with Crippen LogP contribution < -0.4 is 4.74 Å². The maximum absolute atomic E-state index is 12.9. The van der Waals surface area contributed by atoms with Gasteiger partial charge in [0.05, 0.1) is 36.5 Å². The average molecular weight is 430 g/mol. The van der Waals surface area contributed by atoms with Gasteiger partial charge < -0.3 is 19.5 Å². The molecule has 0 aliphatic carbocycles. The summed E-state index contributed by atoms with van der Waals surface area (Å²) in [5.74, 6) is -1.32. The van der Waals surface area contributed by atoms with Crippen LogP contribution in [0.25, 0.3) is 5.76 Å². The minimum atomic E-state index is -0.736. The fraction of sp³-hybridized carbons (Fsp3) is 0.304. The van der Waals surface area contributed by atoms with E-state index in [1.807, 2.05) is 44.2 Å². The second kappa shape index (κ2) is 9.32. The highest BCUT2D eigenvalue weighted by Gasteiger charge is 2.45. The van der Waals surface area contributed by atoms with Crippen molar-refractivity contribution in [2.45, 2.75) is 26.0 Å². The Bertz CT molecular complexity index is 971. The highest BCUT2D eigenvalue weighted by Crippen LogP contribution is 2.40. The van der Waals surface area contributed by atoms with Gasteiger partial charge in [0, 0.05) is 12.1 Å². The Balaban J connectivity index is 2.09. The lowest BCUT2D eigenvalue weighted by Crippen LogP contribution is -2.33. The van der Waals surface area contributed by atoms with E-state index in [0.29, 0.717) is 16.3 Å². The van der Waals surface area contributed by atoms with Gasteiger partial charge in [0.15, 0.2) is 0 Å². The molecular formula is C23H24ClNO5. The molecule has 1 amide bonds. The van der Waals surface area contributed by atoms with Crippen LogP contribution in [0.5, 0.6) is 5.75 Å². The Morgan fingerprint density at radius 1 is 1.17 bits per heavy atom. The van der Waals surface area contributed by atoms with Gasteiger partial charge in [-0.2, -0.15) is 0 Å². The fourth-order valence-electron chi connectivity index (χ4n) is 3.44. The van der Waals surface area contributed by atoms with Gasteiger partial charge >= 0.3 is 0 Å². The minimum absolute atomic E-state index is 0.00136. The van der Waals surface area contributed by atoms with Crippen LogP contribution in [-0.2, 0) is 14.3 Å². The summed E-state index contributed by atoms with van der Waals surface area (Å²) in [6.07, 6.45) is -0.00136. The number of Topliss-reactive ketones (excluding diaryl/α,β-unsaturated/α-hetero) is 1. The number of ketones is 1. The molecule has 0 aromatic heterocycles. The number of aliphatic hydroxyl groups excluding tert-OH is 1. The molecule has 0 radical (unpaired) electrons. The Morgan fingerprint density at radius 2 is 1.87 bits per heavy atom. The summed E-state index contributed by atoms with van der Waals surface area (Å²) in [7, 11) is 1.46. The third-order valence-corrected chi connectivity index (χ3v) is 5.18. The van der Waals surface area contributed by atoms with Crippen molar-refractivity contribution < 1.29 is 24.2 Å². The summed E-state index contributed by atoms with van der Waals surface area (Å²) in [6, 6.07) is 13.1. The molecule has 0 spiro atoms. The molecule has 3 rings (SSSR count). The predicted molar refractivity (Wildman–Crippen MR) is 115 cm³/mol. The van der Waals surface area contributed by atoms with Gasteiger partial charge in [0.25, 0.3) is 11.7 Å². The van der Waals surface area contributed by atoms with Gasteiger partial charge in [0.2, 0.25) is 0 Å². The molecule has 2 aromatic carbocycles. The van der Waals surface area contributed by atoms with Gasteiger partial charge in [-0.05, 0) is 37.6 Å². The molecule has 1 atom stereocenters. The summed E-state index contributed by atoms with van der Waals surface area (Å²) in [4.78, 5) is 27.2. The number of likely N-dealkylation sites (tertiary alicyclic amines) is 1. The fourth-order valence-corrected chi connectivity index (χ4v) is 3.64. The third kappa shape index (κ3) is 4.35. The van der Waals surface area contributed by atoms with Crippen molar-refractivity contribution >= 4 is 29.1 Å². The molecule has 6 nitrogen and oxygen atoms in total. The van der Waals surface area contributed by atoms with Crippen molar-refractivity contribution in [1.29, 1.82) is 0 Å². The van der Waals surface area contributed by atoms with Crippen molar-refractivity contribution in [3.05, 3.63) is 70.3 Å². The van der Waals surface area contributed by atoms with Crippen LogP contribution in [0, 0.1) is 0 Å². The monoisotopic (exact) mass is 429 g/mol. The second-order valence-corrected chi connectivity index (χ2v) is 7.58. The van der Waals surface area contributed by atoms with E-state index in [2.05, 4.69) is 0 Å². The zero-order valence-electron chi connectivity index (χ0n) is 17.1. The standard InChI is InChI=1S/C23H24ClNO5/c1-14(2)30-12-11-25-20(15-7-5-4-6-8-15)19(22(27)23(25)28)21(26)16-9-10-17(24)18(13-16)29-3/h4-10,13-14,20,26H,11-12H2,1-3H3/b21-19-. The molecule has 0 saturated carbocycles. The number of carbonyl (C=O) groups excluding carboxylic acids is 2. The number of benzene rings is 2. The van der Waals surface area contributed by atoms with Gasteiger partial charge in [0.1, 0.15) is 11.5 Å². The van der Waals surface area contributed by atoms with Crippen LogP contribution >= 0.6 is 11.6 Å². The van der Waals surface area contributed by atoms with Gasteiger partial charge in [-0.15, -0.1) is 0 Å². The van der Waals surface area contributed by atoms with E-state index in [9.17, 15) is 14.7 Å². The third-order valence-electron chi connectivity index (χ3n) is 4.86. The lowest BCUT2D eigenvalue weighted by atomic mass is 9.95. The maximum atomic E-state index is 12.9. The van der Waals surface area contributed by atoms with Crippen molar-refractivity contribution in [3.63, 3.8) is 0 Å². The van der Waals surface area contributed by atoms with Crippen molar-refractivity contribution in [1.82, 2.24) is 4.90 Å². The van der Waals surface area contributed by atoms with E-state index in [1.165, 1.54) is 18.1 Å². The smallest absolute Gasteiger partial charge is 0.295 e. The summed E-state index contributed by atoms with van der Waals surface area (Å²) in [5.41, 5.74) is 1.09. The molecule has 1 aliphatic heterocycles. The number of halogens is 1. The Kier molecular flexibility index (Phi) is 6.80. The molecule has 2 aromatic rings. The second-order valence-electron chi connectivity index (χ2n) is 7.17. The molecule has 1 fully saturated rings. The number of amides is 1. The molecule has 1 aliphatic rings. The Labute approximate surface area is 180 Å². The topological polar surface area (TPSA) is 76.1 Å². The molecule has 30 heavy (non-hydrogen) atoms. The normalized spacial score (nSPS) is 18.3. The number of aliphatic hydroxyl groups is 1. The predicted octanol–water partition coefficient (Wildman–Crippen LogP) is 4.20. The van der Waals surface area contributed by atoms with E-state index in [-0.39, 0.29) is 30.6 Å². The average Bonchev–Trinajstić information content (AvgIpc) is 2.99. The first kappa shape index (κ1) is 21.9. The number of ether oxygens (including phenoxy) is 2. The van der Waals surface area contributed by atoms with Crippen LogP contribution in [-0.4, -0.2) is 48.1 Å². The summed E-state index contributed by atoms with van der Waals surface area (Å²) < 4.78 is 10.8. The lowest BCUT2D eigenvalue weighted by molar-refractivity contribution is -0.140. The zero-order valence-corrected chi connectivity index (χ0v) is 17.8. The summed E-state index contributed by atoms with van der Waals surface area (Å²) >= 11 is 6.08. The highest BCUT2D eigenvalue weighted by atomic mass is 35.5. The molecule has 1 heterocycles. The van der Waals surface area contributed by atoms with Crippen LogP contribution in [0.2, 0.25) is 5.02 Å². The van der Waals surface area contributed by atoms with Gasteiger partial charge in [-0.1, -0.05) is 41.9 Å². The largest absolute Gasteiger partial charge is 0.507 e. The first-order valence-corrected chi connectivity index (χ1v) is 10.0. The maximum Gasteiger partial charge on any atom is 0.295 e. The van der Waals surface area contributed by atoms with E-state index in [0.717, 1.165) is 5.56 Å². The van der Waals surface area contributed by atoms with E-state index in [4.69, 9.17) is 21.1 Å². The van der Waals surface area contributed by atoms with Gasteiger partial charge in [-0.25, -0.2) is 0 Å². The van der Waals surface area contributed by atoms with Crippen molar-refractivity contribution in [3.8, 4) is 5.75 Å². The van der Waals surface area contributed by atoms with Crippen LogP contribution in [0.4, 0.5) is 0 Å². The molecule has 0 bridgehead atoms. The van der Waals surface area contributed by atoms with Gasteiger partial charge in [-0.3, -0.25) is 9.59 Å². The molecular weight excluding hydrogens is 406 g/mol. The van der Waals surface area contributed by atoms with E-state index < -0.39 is 17.7 Å². The molecule has 1 N–H and O–H groups in total. The van der Waals surface area contributed by atoms with E-state index >= 15 is 0 Å². The first-order valence-electron chi connectivity index (χ1n) is 9.64. The summed E-state index contributed by atoms with van der Waals surface area (Å²) in [6.45, 7) is 4.30. The van der Waals surface area contributed by atoms with Crippen molar-refractivity contribution in [2.75, 3.05) is 20.3 Å². The SMILES string of the molecule is COc1cc(/C(O)=C2/C(=O)C(=O)N(CCOC(C)C)C2c2ccccc2)ccc1Cl. The quantitative estimate of drug-likeness (QED) is 0.405. The number of rotatable bonds is 7. The number of methoxy groups -OCH3 is 1. The van der Waals surface area contributed by atoms with Crippen LogP contribution in [0.15, 0.2) is 54.1 Å². The molecule has 1 unspecified atom stereocenters. The van der Waals surface area contributed by atoms with E-state index in [1.54, 1.807) is 12.1 Å². The number of hydrogen-bond acceptors (Lipinski definition) is 5. The highest BCUT2D eigenvalue weighted by molar-refractivity contribution is 6.46. The van der Waals surface area contributed by atoms with Crippen LogP contribution in [0.3, 0.4) is 0 Å².